The van der Waals surface area contributed by atoms with Crippen molar-refractivity contribution in [2.24, 2.45) is 53.3 Å². The second-order valence-electron chi connectivity index (χ2n) is 41.1. The normalized spacial score (nSPS) is 18.9. The standard InChI is InChI=1S/C17H25BO3.C16H23BO4.C16H23BO3.C11H13BrO.C11H13O.C10H11BrO2.C10H11BrO.C10H11O2.C10H11O.3BF3.3K/c1-16(2)17(3,4)21-18(20-16)15-9-7-13(8-10-15)5-6-14-11-19-12-14;1-15(2)16(3,4)21-17(20-15)13-5-7-14(8-6-13)19-11-12-9-18-10-12;1-15(2)16(3,4)20-17(19-15)14-7-5-12(6-8-14)9-13-10-18-11-13;12-11-5-3-9(4-6-11)1-2-10-7-13-8-10;1-2-4-10(5-3-1)6-7-11-8-12-9-11;11-9-1-3-10(4-2-9)13-7-8-5-12-6-8;11-10-3-1-8(2-4-10)5-9-6-12-7-9;1-2-4-10(5-3-1)12-8-9-6-11-7-9;1-2-4-9(5-3-1)6-10-7-11-8-10;3*2-1(3)4;;;/h7-10,14H,5-6,11-12H2,1-4H3;5-8,12H,9-11H2,1-4H3;5-8,13H,9-11H2,1-4H3;3-6,10H,1-2,7-8H2;2-5,11H,6-9H2;1-4,8H,5-7H2;1-4,9H,5-7H2;2-5,9H,6-8H2;2-5,10H,6-8H2;;;;;;/q;;;;-1;;;2*-1;;;;3*+1. The third-order valence-corrected chi connectivity index (χ3v) is 28.8. The molecule has 21 rings (SSSR count). The zero-order valence-electron chi connectivity index (χ0n) is 89.5. The van der Waals surface area contributed by atoms with E-state index in [2.05, 4.69) is 270 Å². The molecule has 0 atom stereocenters. The van der Waals surface area contributed by atoms with Gasteiger partial charge in [-0.25, -0.2) is 0 Å². The van der Waals surface area contributed by atoms with Crippen LogP contribution in [-0.4, -0.2) is 216 Å². The molecule has 0 aromatic heterocycles. The van der Waals surface area contributed by atoms with Gasteiger partial charge in [0.2, 0.25) is 0 Å². The van der Waals surface area contributed by atoms with Crippen molar-refractivity contribution in [1.82, 2.24) is 0 Å². The Kier molecular flexibility index (Phi) is 63.1. The molecule has 0 aliphatic carbocycles. The molecule has 150 heavy (non-hydrogen) atoms. The minimum Gasteiger partial charge on any atom is -0.519 e. The summed E-state index contributed by atoms with van der Waals surface area (Å²) in [6.45, 7) is 43.5. The van der Waals surface area contributed by atoms with Crippen molar-refractivity contribution in [1.29, 1.82) is 0 Å². The van der Waals surface area contributed by atoms with Crippen LogP contribution in [-0.2, 0) is 109 Å². The van der Waals surface area contributed by atoms with E-state index in [4.69, 9.17) is 84.8 Å². The Morgan fingerprint density at radius 2 is 0.420 bits per heavy atom. The minimum absolute atomic E-state index is 0. The molecular formula is C111H141B6Br3F9K3O18. The van der Waals surface area contributed by atoms with Crippen molar-refractivity contribution >= 4 is 108 Å². The van der Waals surface area contributed by atoms with E-state index in [1.165, 1.54) is 65.5 Å². The summed E-state index contributed by atoms with van der Waals surface area (Å²) in [7, 11) is -11.8. The van der Waals surface area contributed by atoms with Crippen molar-refractivity contribution in [2.75, 3.05) is 139 Å². The average molecular weight is 2360 g/mol. The SMILES string of the molecule is Brc1ccc(CC2COC2)cc1.Brc1ccc(CCC2COC2)cc1.Brc1ccc(OCC2COC2)cc1.CC1(C)OB(c2ccc(CC3COC3)cc2)OC1(C)C.CC1(C)OB(c2ccc(CCC3COC3)cc2)OC1(C)C.CC1(C)OB(c2ccc(OCC3COC3)cc2)OC1(C)C.FB(F)F.FB(F)F.FB(F)F.[K+].[K+].[K+].[c-]1ccc(CC2COC2)cc1.[c-]1ccc(CCC2COC2)cc1.[c-]1ccc(OCC2COC2)cc1. The van der Waals surface area contributed by atoms with E-state index in [0.29, 0.717) is 23.7 Å². The Labute approximate surface area is 1040 Å². The van der Waals surface area contributed by atoms with Gasteiger partial charge < -0.3 is 84.8 Å². The molecule has 18 nitrogen and oxygen atoms in total. The van der Waals surface area contributed by atoms with Crippen molar-refractivity contribution < 1.29 is 278 Å². The van der Waals surface area contributed by atoms with Crippen molar-refractivity contribution in [3.8, 4) is 17.2 Å². The van der Waals surface area contributed by atoms with Crippen LogP contribution >= 0.6 is 47.8 Å². The number of ether oxygens (including phenoxy) is 12. The molecule has 0 N–H and O–H groups in total. The van der Waals surface area contributed by atoms with Crippen LogP contribution in [0.5, 0.6) is 17.2 Å². The van der Waals surface area contributed by atoms with E-state index >= 15 is 0 Å². The predicted molar refractivity (Wildman–Crippen MR) is 573 cm³/mol. The largest absolute Gasteiger partial charge is 1.00 e. The van der Waals surface area contributed by atoms with Crippen molar-refractivity contribution in [2.45, 2.75) is 174 Å². The third kappa shape index (κ3) is 50.2. The Morgan fingerprint density at radius 3 is 0.653 bits per heavy atom. The Balaban J connectivity index is 0.000000226. The van der Waals surface area contributed by atoms with Crippen LogP contribution in [0.1, 0.15) is 136 Å². The monoisotopic (exact) mass is 2350 g/mol. The molecule has 12 aliphatic rings. The number of hydrogen-bond acceptors (Lipinski definition) is 18. The van der Waals surface area contributed by atoms with E-state index in [0.717, 1.165) is 241 Å². The van der Waals surface area contributed by atoms with E-state index in [9.17, 15) is 38.8 Å². The van der Waals surface area contributed by atoms with Gasteiger partial charge in [0, 0.05) is 72.4 Å². The molecule has 9 aromatic rings. The Morgan fingerprint density at radius 1 is 0.247 bits per heavy atom. The topological polar surface area (TPSA) is 166 Å². The minimum atomic E-state index is -3.67. The Hall–Kier alpha value is -2.11. The van der Waals surface area contributed by atoms with Crippen LogP contribution in [0.25, 0.3) is 0 Å². The van der Waals surface area contributed by atoms with E-state index in [1.54, 1.807) is 0 Å². The number of rotatable bonds is 27. The fourth-order valence-electron chi connectivity index (χ4n) is 15.2. The van der Waals surface area contributed by atoms with Gasteiger partial charge in [-0.05, 0) is 234 Å². The molecule has 39 heteroatoms. The van der Waals surface area contributed by atoms with Gasteiger partial charge in [-0.1, -0.05) is 139 Å². The molecule has 12 heterocycles. The maximum atomic E-state index is 9.67. The number of benzene rings is 9. The molecule has 0 amide bonds. The fraction of sp³-hybridized carbons (Fsp3) is 0.514. The molecule has 0 unspecified atom stereocenters. The summed E-state index contributed by atoms with van der Waals surface area (Å²) < 4.78 is 190. The molecule has 12 aliphatic heterocycles. The van der Waals surface area contributed by atoms with Gasteiger partial charge >= 0.3 is 198 Å². The van der Waals surface area contributed by atoms with E-state index in [-0.39, 0.29) is 209 Å². The predicted octanol–water partition coefficient (Wildman–Crippen LogP) is 13.8. The first kappa shape index (κ1) is 135. The van der Waals surface area contributed by atoms with Crippen molar-refractivity contribution in [3.63, 3.8) is 0 Å². The molecule has 9 aromatic carbocycles. The molecular weight excluding hydrogens is 2210 g/mol. The molecule has 12 fully saturated rings. The van der Waals surface area contributed by atoms with Crippen LogP contribution in [0.3, 0.4) is 0 Å². The molecule has 0 spiro atoms. The first-order valence-electron chi connectivity index (χ1n) is 50.5. The van der Waals surface area contributed by atoms with Gasteiger partial charge in [-0.2, -0.15) is 90.0 Å². The van der Waals surface area contributed by atoms with Crippen LogP contribution < -0.4 is 185 Å². The van der Waals surface area contributed by atoms with Gasteiger partial charge in [0.25, 0.3) is 0 Å². The average Bonchev–Trinajstić information content (AvgIpc) is 1.63. The zero-order valence-corrected chi connectivity index (χ0v) is 104. The number of halogens is 12. The van der Waals surface area contributed by atoms with Crippen LogP contribution in [0.2, 0.25) is 0 Å². The van der Waals surface area contributed by atoms with Crippen LogP contribution in [0.15, 0.2) is 232 Å². The summed E-state index contributed by atoms with van der Waals surface area (Å²) in [5, 5.41) is 0. The smallest absolute Gasteiger partial charge is 0.519 e. The number of hydrogen-bond donors (Lipinski definition) is 0. The van der Waals surface area contributed by atoms with Gasteiger partial charge in [-0.15, -0.1) is 12.1 Å². The molecule has 12 saturated heterocycles. The van der Waals surface area contributed by atoms with Gasteiger partial charge in [-0.3, -0.25) is 38.8 Å². The number of aryl methyl sites for hydroxylation is 3. The van der Waals surface area contributed by atoms with Gasteiger partial charge in [0.1, 0.15) is 11.5 Å². The first-order chi connectivity index (χ1) is 70.2. The first-order valence-corrected chi connectivity index (χ1v) is 52.9. The van der Waals surface area contributed by atoms with Gasteiger partial charge in [0.15, 0.2) is 0 Å². The molecule has 0 radical (unpaired) electrons. The fourth-order valence-corrected chi connectivity index (χ4v) is 16.0. The maximum absolute atomic E-state index is 9.67. The van der Waals surface area contributed by atoms with E-state index in [1.807, 2.05) is 97.1 Å². The van der Waals surface area contributed by atoms with E-state index < -0.39 is 22.6 Å². The van der Waals surface area contributed by atoms with Gasteiger partial charge in [0.05, 0.1) is 172 Å². The third-order valence-electron chi connectivity index (χ3n) is 27.2. The summed E-state index contributed by atoms with van der Waals surface area (Å²) >= 11 is 10.2. The van der Waals surface area contributed by atoms with Crippen LogP contribution in [0.4, 0.5) is 38.8 Å². The van der Waals surface area contributed by atoms with Crippen molar-refractivity contribution in [3.05, 3.63) is 283 Å². The maximum Gasteiger partial charge on any atom is 1.00 e. The summed E-state index contributed by atoms with van der Waals surface area (Å²) in [6, 6.07) is 83.1. The summed E-state index contributed by atoms with van der Waals surface area (Å²) in [6.07, 6.45) is 10.7. The second-order valence-corrected chi connectivity index (χ2v) is 43.9. The summed E-state index contributed by atoms with van der Waals surface area (Å²) in [4.78, 5) is 0. The quantitative estimate of drug-likeness (QED) is 0.0271. The Bertz CT molecular complexity index is 4820. The van der Waals surface area contributed by atoms with Crippen LogP contribution in [0, 0.1) is 71.5 Å². The summed E-state index contributed by atoms with van der Waals surface area (Å²) in [5.41, 5.74) is 9.88. The molecule has 0 bridgehead atoms. The summed E-state index contributed by atoms with van der Waals surface area (Å²) in [5.74, 6) is 9.02. The molecule has 0 saturated carbocycles. The molecule has 798 valence electrons. The second kappa shape index (κ2) is 70.3. The zero-order chi connectivity index (χ0) is 106.